The second-order valence-corrected chi connectivity index (χ2v) is 6.30. The third kappa shape index (κ3) is 3.88. The fourth-order valence-corrected chi connectivity index (χ4v) is 3.16. The van der Waals surface area contributed by atoms with Crippen molar-refractivity contribution in [1.82, 2.24) is 15.5 Å². The number of H-pyrrole nitrogens is 1. The SMILES string of the molecule is COc1ccccc1N1CC[C@@H](CNC(=O)Cc2cc(C)[nH]n2)C1. The first kappa shape index (κ1) is 16.4. The molecule has 2 heterocycles. The Kier molecular flexibility index (Phi) is 5.03. The van der Waals surface area contributed by atoms with Gasteiger partial charge in [0.25, 0.3) is 0 Å². The number of aromatic amines is 1. The number of aromatic nitrogens is 2. The molecule has 24 heavy (non-hydrogen) atoms. The number of benzene rings is 1. The van der Waals surface area contributed by atoms with Crippen molar-refractivity contribution in [1.29, 1.82) is 0 Å². The summed E-state index contributed by atoms with van der Waals surface area (Å²) in [5.41, 5.74) is 2.88. The van der Waals surface area contributed by atoms with Crippen LogP contribution in [0, 0.1) is 12.8 Å². The molecule has 1 amide bonds. The van der Waals surface area contributed by atoms with Crippen LogP contribution in [0.1, 0.15) is 17.8 Å². The maximum Gasteiger partial charge on any atom is 0.226 e. The maximum absolute atomic E-state index is 12.0. The van der Waals surface area contributed by atoms with Crippen molar-refractivity contribution < 1.29 is 9.53 Å². The number of nitrogens with one attached hydrogen (secondary N) is 2. The molecule has 2 aromatic rings. The van der Waals surface area contributed by atoms with Crippen LogP contribution < -0.4 is 15.0 Å². The van der Waals surface area contributed by atoms with Crippen LogP contribution in [0.15, 0.2) is 30.3 Å². The first-order valence-corrected chi connectivity index (χ1v) is 8.31. The van der Waals surface area contributed by atoms with Crippen molar-refractivity contribution in [2.75, 3.05) is 31.6 Å². The summed E-state index contributed by atoms with van der Waals surface area (Å²) in [6, 6.07) is 9.97. The molecule has 0 spiro atoms. The van der Waals surface area contributed by atoms with Gasteiger partial charge in [0, 0.05) is 25.3 Å². The molecule has 2 N–H and O–H groups in total. The second kappa shape index (κ2) is 7.38. The predicted octanol–water partition coefficient (Wildman–Crippen LogP) is 1.91. The van der Waals surface area contributed by atoms with E-state index in [4.69, 9.17) is 4.74 Å². The topological polar surface area (TPSA) is 70.2 Å². The van der Waals surface area contributed by atoms with Crippen LogP contribution in [-0.2, 0) is 11.2 Å². The van der Waals surface area contributed by atoms with Gasteiger partial charge in [-0.2, -0.15) is 5.10 Å². The summed E-state index contributed by atoms with van der Waals surface area (Å²) >= 11 is 0. The van der Waals surface area contributed by atoms with Gasteiger partial charge in [-0.05, 0) is 37.5 Å². The number of anilines is 1. The molecular formula is C18H24N4O2. The van der Waals surface area contributed by atoms with E-state index in [-0.39, 0.29) is 5.91 Å². The third-order valence-corrected chi connectivity index (χ3v) is 4.40. The molecule has 3 rings (SSSR count). The molecular weight excluding hydrogens is 304 g/mol. The molecule has 0 unspecified atom stereocenters. The molecule has 1 fully saturated rings. The van der Waals surface area contributed by atoms with E-state index in [2.05, 4.69) is 26.5 Å². The minimum Gasteiger partial charge on any atom is -0.495 e. The highest BCUT2D eigenvalue weighted by Crippen LogP contribution is 2.31. The zero-order valence-electron chi connectivity index (χ0n) is 14.2. The molecule has 0 saturated carbocycles. The number of rotatable bonds is 6. The Bertz CT molecular complexity index is 698. The molecule has 128 valence electrons. The maximum atomic E-state index is 12.0. The lowest BCUT2D eigenvalue weighted by atomic mass is 10.1. The van der Waals surface area contributed by atoms with Crippen molar-refractivity contribution in [2.45, 2.75) is 19.8 Å². The number of carbonyl (C=O) groups is 1. The number of ether oxygens (including phenoxy) is 1. The number of amides is 1. The number of carbonyl (C=O) groups excluding carboxylic acids is 1. The summed E-state index contributed by atoms with van der Waals surface area (Å²) in [6.07, 6.45) is 1.40. The summed E-state index contributed by atoms with van der Waals surface area (Å²) in [7, 11) is 1.70. The molecule has 0 radical (unpaired) electrons. The number of aryl methyl sites for hydroxylation is 1. The Hall–Kier alpha value is -2.50. The lowest BCUT2D eigenvalue weighted by Gasteiger charge is -2.21. The molecule has 0 aliphatic carbocycles. The number of hydrogen-bond donors (Lipinski definition) is 2. The number of hydrogen-bond acceptors (Lipinski definition) is 4. The van der Waals surface area contributed by atoms with Gasteiger partial charge in [-0.1, -0.05) is 12.1 Å². The molecule has 6 nitrogen and oxygen atoms in total. The molecule has 1 aromatic carbocycles. The van der Waals surface area contributed by atoms with Gasteiger partial charge >= 0.3 is 0 Å². The molecule has 1 atom stereocenters. The van der Waals surface area contributed by atoms with Gasteiger partial charge in [-0.15, -0.1) is 0 Å². The van der Waals surface area contributed by atoms with Crippen molar-refractivity contribution in [3.05, 3.63) is 41.7 Å². The van der Waals surface area contributed by atoms with Gasteiger partial charge < -0.3 is 15.0 Å². The molecule has 1 aliphatic heterocycles. The Morgan fingerprint density at radius 2 is 2.29 bits per heavy atom. The van der Waals surface area contributed by atoms with E-state index in [0.29, 0.717) is 18.9 Å². The van der Waals surface area contributed by atoms with E-state index >= 15 is 0 Å². The van der Waals surface area contributed by atoms with Crippen LogP contribution >= 0.6 is 0 Å². The van der Waals surface area contributed by atoms with E-state index in [0.717, 1.165) is 42.3 Å². The highest BCUT2D eigenvalue weighted by atomic mass is 16.5. The van der Waals surface area contributed by atoms with Gasteiger partial charge in [-0.25, -0.2) is 0 Å². The van der Waals surface area contributed by atoms with Gasteiger partial charge in [0.05, 0.1) is 24.9 Å². The highest BCUT2D eigenvalue weighted by molar-refractivity contribution is 5.78. The first-order valence-electron chi connectivity index (χ1n) is 8.31. The van der Waals surface area contributed by atoms with E-state index in [9.17, 15) is 4.79 Å². The number of methoxy groups -OCH3 is 1. The molecule has 0 bridgehead atoms. The average Bonchev–Trinajstić information content (AvgIpc) is 3.22. The van der Waals surface area contributed by atoms with Crippen LogP contribution in [0.25, 0.3) is 0 Å². The monoisotopic (exact) mass is 328 g/mol. The van der Waals surface area contributed by atoms with Gasteiger partial charge in [0.2, 0.25) is 5.91 Å². The Balaban J connectivity index is 1.48. The van der Waals surface area contributed by atoms with Crippen molar-refractivity contribution in [3.63, 3.8) is 0 Å². The summed E-state index contributed by atoms with van der Waals surface area (Å²) in [6.45, 7) is 4.55. The van der Waals surface area contributed by atoms with Crippen molar-refractivity contribution in [2.24, 2.45) is 5.92 Å². The zero-order chi connectivity index (χ0) is 16.9. The second-order valence-electron chi connectivity index (χ2n) is 6.30. The summed E-state index contributed by atoms with van der Waals surface area (Å²) < 4.78 is 5.44. The number of para-hydroxylation sites is 2. The number of nitrogens with zero attached hydrogens (tertiary/aromatic N) is 2. The summed E-state index contributed by atoms with van der Waals surface area (Å²) in [5, 5.41) is 9.99. The van der Waals surface area contributed by atoms with Gasteiger partial charge in [-0.3, -0.25) is 9.89 Å². The van der Waals surface area contributed by atoms with Crippen LogP contribution in [-0.4, -0.2) is 42.8 Å². The van der Waals surface area contributed by atoms with Crippen LogP contribution in [0.3, 0.4) is 0 Å². The average molecular weight is 328 g/mol. The molecule has 1 saturated heterocycles. The molecule has 1 aliphatic rings. The summed E-state index contributed by atoms with van der Waals surface area (Å²) in [5.74, 6) is 1.38. The molecule has 1 aromatic heterocycles. The lowest BCUT2D eigenvalue weighted by Crippen LogP contribution is -2.32. The minimum atomic E-state index is 0.0252. The Labute approximate surface area is 142 Å². The van der Waals surface area contributed by atoms with Crippen molar-refractivity contribution in [3.8, 4) is 5.75 Å². The Morgan fingerprint density at radius 3 is 3.04 bits per heavy atom. The van der Waals surface area contributed by atoms with Crippen LogP contribution in [0.5, 0.6) is 5.75 Å². The fraction of sp³-hybridized carbons (Fsp3) is 0.444. The van der Waals surface area contributed by atoms with Gasteiger partial charge in [0.15, 0.2) is 0 Å². The predicted molar refractivity (Wildman–Crippen MR) is 93.4 cm³/mol. The smallest absolute Gasteiger partial charge is 0.226 e. The van der Waals surface area contributed by atoms with Crippen LogP contribution in [0.4, 0.5) is 5.69 Å². The normalized spacial score (nSPS) is 17.1. The zero-order valence-corrected chi connectivity index (χ0v) is 14.2. The van der Waals surface area contributed by atoms with E-state index < -0.39 is 0 Å². The first-order chi connectivity index (χ1) is 11.7. The minimum absolute atomic E-state index is 0.0252. The van der Waals surface area contributed by atoms with E-state index in [1.54, 1.807) is 7.11 Å². The fourth-order valence-electron chi connectivity index (χ4n) is 3.16. The standard InChI is InChI=1S/C18H24N4O2/c1-13-9-15(21-20-13)10-18(23)19-11-14-7-8-22(12-14)16-5-3-4-6-17(16)24-2/h3-6,9,14H,7-8,10-12H2,1-2H3,(H,19,23)(H,20,21)/t14-/m0/s1. The van der Waals surface area contributed by atoms with Crippen molar-refractivity contribution >= 4 is 11.6 Å². The van der Waals surface area contributed by atoms with E-state index in [1.165, 1.54) is 0 Å². The summed E-state index contributed by atoms with van der Waals surface area (Å²) in [4.78, 5) is 14.4. The largest absolute Gasteiger partial charge is 0.495 e. The van der Waals surface area contributed by atoms with E-state index in [1.807, 2.05) is 31.2 Å². The lowest BCUT2D eigenvalue weighted by molar-refractivity contribution is -0.120. The quantitative estimate of drug-likeness (QED) is 0.850. The highest BCUT2D eigenvalue weighted by Gasteiger charge is 2.24. The molecule has 6 heteroatoms. The van der Waals surface area contributed by atoms with Crippen LogP contribution in [0.2, 0.25) is 0 Å². The Morgan fingerprint density at radius 1 is 1.46 bits per heavy atom. The van der Waals surface area contributed by atoms with Gasteiger partial charge in [0.1, 0.15) is 5.75 Å². The third-order valence-electron chi connectivity index (χ3n) is 4.40.